The molecule has 0 amide bonds. The van der Waals surface area contributed by atoms with E-state index in [2.05, 4.69) is 39.5 Å². The Morgan fingerprint density at radius 2 is 1.92 bits per heavy atom. The monoisotopic (exact) mass is 338 g/mol. The van der Waals surface area contributed by atoms with Crippen LogP contribution in [0.4, 0.5) is 0 Å². The summed E-state index contributed by atoms with van der Waals surface area (Å²) in [5, 5.41) is 17.8. The molecule has 122 valence electrons. The highest BCUT2D eigenvalue weighted by Gasteiger charge is 2.16. The van der Waals surface area contributed by atoms with Crippen molar-refractivity contribution in [2.45, 2.75) is 11.4 Å². The Hall–Kier alpha value is -2.60. The van der Waals surface area contributed by atoms with Gasteiger partial charge >= 0.3 is 0 Å². The summed E-state index contributed by atoms with van der Waals surface area (Å²) < 4.78 is 1.84. The molecule has 5 nitrogen and oxygen atoms in total. The highest BCUT2D eigenvalue weighted by molar-refractivity contribution is 7.99. The smallest absolute Gasteiger partial charge is 0.103 e. The van der Waals surface area contributed by atoms with Gasteiger partial charge in [-0.2, -0.15) is 5.10 Å². The Kier molecular flexibility index (Phi) is 5.28. The van der Waals surface area contributed by atoms with Crippen molar-refractivity contribution >= 4 is 18.0 Å². The number of rotatable bonds is 6. The Labute approximate surface area is 145 Å². The maximum absolute atomic E-state index is 9.04. The maximum atomic E-state index is 9.04. The molecule has 0 saturated carbocycles. The van der Waals surface area contributed by atoms with Crippen LogP contribution in [0.5, 0.6) is 0 Å². The normalized spacial score (nSPS) is 11.2. The molecule has 0 aliphatic rings. The highest BCUT2D eigenvalue weighted by Crippen LogP contribution is 2.30. The quantitative estimate of drug-likeness (QED) is 0.323. The standard InChI is InChI=1S/C18H18N4OS/c1-22-18(24-12-9-14-5-3-2-4-6-14)16(13-20-23)17(21-22)15-7-10-19-11-8-15/h2-8,10-11,13,23H,9,12H2,1H3/b20-13+. The Morgan fingerprint density at radius 3 is 2.62 bits per heavy atom. The van der Waals surface area contributed by atoms with Gasteiger partial charge < -0.3 is 5.21 Å². The molecule has 1 aromatic carbocycles. The molecule has 0 radical (unpaired) electrons. The molecule has 3 aromatic rings. The number of nitrogens with zero attached hydrogens (tertiary/aromatic N) is 4. The summed E-state index contributed by atoms with van der Waals surface area (Å²) in [6.45, 7) is 0. The molecule has 0 unspecified atom stereocenters. The average Bonchev–Trinajstić information content (AvgIpc) is 2.93. The van der Waals surface area contributed by atoms with Crippen LogP contribution in [0.3, 0.4) is 0 Å². The summed E-state index contributed by atoms with van der Waals surface area (Å²) in [5.41, 5.74) is 3.87. The molecule has 24 heavy (non-hydrogen) atoms. The van der Waals surface area contributed by atoms with Crippen LogP contribution in [0.1, 0.15) is 11.1 Å². The lowest BCUT2D eigenvalue weighted by Gasteiger charge is -2.04. The molecule has 3 rings (SSSR count). The molecule has 2 aromatic heterocycles. The van der Waals surface area contributed by atoms with E-state index >= 15 is 0 Å². The fourth-order valence-corrected chi connectivity index (χ4v) is 3.57. The van der Waals surface area contributed by atoms with E-state index in [0.717, 1.165) is 34.0 Å². The second kappa shape index (κ2) is 7.79. The zero-order valence-corrected chi connectivity index (χ0v) is 14.1. The van der Waals surface area contributed by atoms with Gasteiger partial charge in [0.15, 0.2) is 0 Å². The van der Waals surface area contributed by atoms with Crippen molar-refractivity contribution in [3.05, 3.63) is 66.0 Å². The van der Waals surface area contributed by atoms with Gasteiger partial charge in [0.2, 0.25) is 0 Å². The third kappa shape index (κ3) is 3.65. The van der Waals surface area contributed by atoms with Gasteiger partial charge in [0.05, 0.1) is 11.8 Å². The van der Waals surface area contributed by atoms with Crippen LogP contribution in [0.25, 0.3) is 11.3 Å². The summed E-state index contributed by atoms with van der Waals surface area (Å²) in [6.07, 6.45) is 5.88. The van der Waals surface area contributed by atoms with Gasteiger partial charge in [-0.25, -0.2) is 0 Å². The fourth-order valence-electron chi connectivity index (χ4n) is 2.50. The van der Waals surface area contributed by atoms with Crippen molar-refractivity contribution in [2.75, 3.05) is 5.75 Å². The molecule has 0 bridgehead atoms. The van der Waals surface area contributed by atoms with E-state index in [1.54, 1.807) is 24.2 Å². The van der Waals surface area contributed by atoms with Gasteiger partial charge in [-0.1, -0.05) is 35.5 Å². The van der Waals surface area contributed by atoms with Crippen molar-refractivity contribution in [1.82, 2.24) is 14.8 Å². The summed E-state index contributed by atoms with van der Waals surface area (Å²) >= 11 is 1.71. The third-order valence-electron chi connectivity index (χ3n) is 3.64. The predicted molar refractivity (Wildman–Crippen MR) is 96.7 cm³/mol. The molecule has 0 saturated heterocycles. The lowest BCUT2D eigenvalue weighted by atomic mass is 10.1. The van der Waals surface area contributed by atoms with Crippen LogP contribution in [-0.2, 0) is 13.5 Å². The molecular formula is C18H18N4OS. The lowest BCUT2D eigenvalue weighted by molar-refractivity contribution is 0.321. The molecule has 6 heteroatoms. The highest BCUT2D eigenvalue weighted by atomic mass is 32.2. The van der Waals surface area contributed by atoms with Crippen LogP contribution >= 0.6 is 11.8 Å². The third-order valence-corrected chi connectivity index (χ3v) is 4.81. The van der Waals surface area contributed by atoms with E-state index in [-0.39, 0.29) is 0 Å². The van der Waals surface area contributed by atoms with E-state index < -0.39 is 0 Å². The Bertz CT molecular complexity index is 816. The molecule has 0 fully saturated rings. The maximum Gasteiger partial charge on any atom is 0.103 e. The Balaban J connectivity index is 1.83. The van der Waals surface area contributed by atoms with E-state index in [9.17, 15) is 0 Å². The van der Waals surface area contributed by atoms with Crippen molar-refractivity contribution in [3.63, 3.8) is 0 Å². The first-order valence-electron chi connectivity index (χ1n) is 7.61. The first kappa shape index (κ1) is 16.3. The number of thioether (sulfide) groups is 1. The number of aryl methyl sites for hydroxylation is 2. The fraction of sp³-hybridized carbons (Fsp3) is 0.167. The van der Waals surface area contributed by atoms with Crippen LogP contribution < -0.4 is 0 Å². The van der Waals surface area contributed by atoms with Gasteiger partial charge in [-0.05, 0) is 24.1 Å². The minimum absolute atomic E-state index is 0.792. The average molecular weight is 338 g/mol. The van der Waals surface area contributed by atoms with Gasteiger partial charge in [-0.15, -0.1) is 11.8 Å². The van der Waals surface area contributed by atoms with Crippen LogP contribution in [-0.4, -0.2) is 31.9 Å². The number of oxime groups is 1. The van der Waals surface area contributed by atoms with E-state index in [4.69, 9.17) is 5.21 Å². The summed E-state index contributed by atoms with van der Waals surface area (Å²) in [4.78, 5) is 4.04. The number of benzene rings is 1. The zero-order valence-electron chi connectivity index (χ0n) is 13.3. The molecule has 0 atom stereocenters. The SMILES string of the molecule is Cn1nc(-c2ccncc2)c(/C=N/O)c1SCCc1ccccc1. The summed E-state index contributed by atoms with van der Waals surface area (Å²) in [7, 11) is 1.91. The number of pyridine rings is 1. The zero-order chi connectivity index (χ0) is 16.8. The topological polar surface area (TPSA) is 63.3 Å². The van der Waals surface area contributed by atoms with Gasteiger partial charge in [0.1, 0.15) is 10.7 Å². The largest absolute Gasteiger partial charge is 0.411 e. The van der Waals surface area contributed by atoms with E-state index in [1.165, 1.54) is 11.8 Å². The van der Waals surface area contributed by atoms with Crippen molar-refractivity contribution < 1.29 is 5.21 Å². The van der Waals surface area contributed by atoms with Gasteiger partial charge in [-0.3, -0.25) is 9.67 Å². The number of aromatic nitrogens is 3. The van der Waals surface area contributed by atoms with E-state index in [0.29, 0.717) is 0 Å². The summed E-state index contributed by atoms with van der Waals surface area (Å²) in [5.74, 6) is 0.922. The second-order valence-corrected chi connectivity index (χ2v) is 6.34. The molecular weight excluding hydrogens is 320 g/mol. The van der Waals surface area contributed by atoms with Crippen molar-refractivity contribution in [1.29, 1.82) is 0 Å². The lowest BCUT2D eigenvalue weighted by Crippen LogP contribution is -1.96. The van der Waals surface area contributed by atoms with E-state index in [1.807, 2.05) is 29.9 Å². The van der Waals surface area contributed by atoms with Gasteiger partial charge in [0, 0.05) is 30.8 Å². The summed E-state index contributed by atoms with van der Waals surface area (Å²) in [6, 6.07) is 14.2. The molecule has 0 aliphatic heterocycles. The predicted octanol–water partition coefficient (Wildman–Crippen LogP) is 3.63. The first-order valence-corrected chi connectivity index (χ1v) is 8.59. The van der Waals surface area contributed by atoms with Crippen LogP contribution in [0, 0.1) is 0 Å². The molecule has 0 spiro atoms. The first-order chi connectivity index (χ1) is 11.8. The minimum Gasteiger partial charge on any atom is -0.411 e. The van der Waals surface area contributed by atoms with Crippen LogP contribution in [0.15, 0.2) is 65.0 Å². The molecule has 0 aliphatic carbocycles. The Morgan fingerprint density at radius 1 is 1.17 bits per heavy atom. The molecule has 2 heterocycles. The second-order valence-electron chi connectivity index (χ2n) is 5.26. The van der Waals surface area contributed by atoms with Crippen molar-refractivity contribution in [3.8, 4) is 11.3 Å². The number of hydrogen-bond acceptors (Lipinski definition) is 5. The van der Waals surface area contributed by atoms with Gasteiger partial charge in [0.25, 0.3) is 0 Å². The number of hydrogen-bond donors (Lipinski definition) is 1. The van der Waals surface area contributed by atoms with Crippen LogP contribution in [0.2, 0.25) is 0 Å². The molecule has 1 N–H and O–H groups in total. The van der Waals surface area contributed by atoms with Crippen molar-refractivity contribution in [2.24, 2.45) is 12.2 Å². The minimum atomic E-state index is 0.792.